The van der Waals surface area contributed by atoms with E-state index in [0.717, 1.165) is 27.3 Å². The third-order valence-corrected chi connectivity index (χ3v) is 5.09. The third kappa shape index (κ3) is 3.06. The van der Waals surface area contributed by atoms with E-state index in [1.54, 1.807) is 11.3 Å². The fourth-order valence-corrected chi connectivity index (χ4v) is 3.71. The molecule has 1 aromatic carbocycles. The number of aromatic nitrogens is 2. The Morgan fingerprint density at radius 3 is 2.72 bits per heavy atom. The van der Waals surface area contributed by atoms with Gasteiger partial charge in [-0.05, 0) is 36.6 Å². The molecule has 0 aliphatic heterocycles. The molecular formula is C20H18N3OS+. The van der Waals surface area contributed by atoms with E-state index in [2.05, 4.69) is 21.4 Å². The number of benzene rings is 1. The monoisotopic (exact) mass is 348 g/mol. The summed E-state index contributed by atoms with van der Waals surface area (Å²) < 4.78 is 0. The maximum absolute atomic E-state index is 10.9. The Morgan fingerprint density at radius 2 is 1.96 bits per heavy atom. The van der Waals surface area contributed by atoms with E-state index in [4.69, 9.17) is 0 Å². The zero-order valence-corrected chi connectivity index (χ0v) is 14.5. The van der Waals surface area contributed by atoms with Crippen LogP contribution < -0.4 is 10.3 Å². The van der Waals surface area contributed by atoms with Crippen LogP contribution in [0.15, 0.2) is 66.2 Å². The maximum atomic E-state index is 10.9. The lowest BCUT2D eigenvalue weighted by Crippen LogP contribution is -2.18. The zero-order chi connectivity index (χ0) is 17.2. The molecule has 0 spiro atoms. The highest BCUT2D eigenvalue weighted by Crippen LogP contribution is 2.37. The number of phenolic OH excluding ortho intramolecular Hbond substituents is 1. The van der Waals surface area contributed by atoms with Crippen molar-refractivity contribution in [2.24, 2.45) is 0 Å². The molecule has 25 heavy (non-hydrogen) atoms. The van der Waals surface area contributed by atoms with Gasteiger partial charge in [0, 0.05) is 22.7 Å². The minimum Gasteiger partial charge on any atom is -0.505 e. The van der Waals surface area contributed by atoms with E-state index < -0.39 is 0 Å². The second-order valence-electron chi connectivity index (χ2n) is 5.90. The molecule has 0 aliphatic carbocycles. The highest BCUT2D eigenvalue weighted by atomic mass is 32.1. The number of pyridine rings is 2. The van der Waals surface area contributed by atoms with Crippen LogP contribution in [0.3, 0.4) is 0 Å². The van der Waals surface area contributed by atoms with Gasteiger partial charge in [0.2, 0.25) is 0 Å². The van der Waals surface area contributed by atoms with Gasteiger partial charge in [0.25, 0.3) is 5.82 Å². The van der Waals surface area contributed by atoms with Gasteiger partial charge in [-0.25, -0.2) is 9.97 Å². The van der Waals surface area contributed by atoms with Gasteiger partial charge < -0.3 is 5.11 Å². The average molecular weight is 348 g/mol. The van der Waals surface area contributed by atoms with E-state index in [1.165, 1.54) is 0 Å². The largest absolute Gasteiger partial charge is 0.505 e. The van der Waals surface area contributed by atoms with Crippen LogP contribution in [0.4, 0.5) is 5.82 Å². The Bertz CT molecular complexity index is 1000. The number of anilines is 1. The number of nitrogens with one attached hydrogen (secondary N) is 2. The Morgan fingerprint density at radius 1 is 1.08 bits per heavy atom. The van der Waals surface area contributed by atoms with Crippen molar-refractivity contribution >= 4 is 28.1 Å². The van der Waals surface area contributed by atoms with E-state index in [9.17, 15) is 5.11 Å². The topological polar surface area (TPSA) is 59.3 Å². The molecule has 0 aliphatic rings. The summed E-state index contributed by atoms with van der Waals surface area (Å²) in [6.45, 7) is 1.93. The lowest BCUT2D eigenvalue weighted by Gasteiger charge is -2.16. The predicted octanol–water partition coefficient (Wildman–Crippen LogP) is 4.33. The molecule has 0 saturated heterocycles. The summed E-state index contributed by atoms with van der Waals surface area (Å²) in [5.74, 6) is 1.11. The van der Waals surface area contributed by atoms with Gasteiger partial charge in [0.1, 0.15) is 11.3 Å². The van der Waals surface area contributed by atoms with E-state index in [0.29, 0.717) is 5.52 Å². The van der Waals surface area contributed by atoms with Gasteiger partial charge in [-0.3, -0.25) is 5.32 Å². The molecular weight excluding hydrogens is 330 g/mol. The summed E-state index contributed by atoms with van der Waals surface area (Å²) in [7, 11) is 0. The minimum absolute atomic E-state index is 0.162. The molecule has 0 radical (unpaired) electrons. The molecule has 0 amide bonds. The Hall–Kier alpha value is -2.92. The molecule has 5 heteroatoms. The van der Waals surface area contributed by atoms with Crippen molar-refractivity contribution in [1.82, 2.24) is 4.98 Å². The van der Waals surface area contributed by atoms with Crippen LogP contribution in [-0.4, -0.2) is 10.1 Å². The van der Waals surface area contributed by atoms with Gasteiger partial charge in [-0.1, -0.05) is 24.3 Å². The SMILES string of the molecule is Cc1ccc2ccc([C@H](Nc3cccc[nH+]3)c3cccs3)c(O)c2n1. The summed E-state index contributed by atoms with van der Waals surface area (Å²) in [5.41, 5.74) is 2.33. The van der Waals surface area contributed by atoms with Crippen molar-refractivity contribution in [3.8, 4) is 5.75 Å². The number of thiophene rings is 1. The highest BCUT2D eigenvalue weighted by Gasteiger charge is 2.25. The molecule has 4 aromatic rings. The molecule has 3 heterocycles. The lowest BCUT2D eigenvalue weighted by molar-refractivity contribution is -0.361. The summed E-state index contributed by atoms with van der Waals surface area (Å²) in [5, 5.41) is 17.4. The predicted molar refractivity (Wildman–Crippen MR) is 101 cm³/mol. The Balaban J connectivity index is 1.84. The fraction of sp³-hybridized carbons (Fsp3) is 0.100. The van der Waals surface area contributed by atoms with Crippen molar-refractivity contribution in [3.05, 3.63) is 82.3 Å². The number of hydrogen-bond donors (Lipinski definition) is 2. The molecule has 0 fully saturated rings. The first-order valence-corrected chi connectivity index (χ1v) is 8.96. The molecule has 1 atom stereocenters. The maximum Gasteiger partial charge on any atom is 0.272 e. The second-order valence-corrected chi connectivity index (χ2v) is 6.88. The molecule has 3 aromatic heterocycles. The number of H-pyrrole nitrogens is 1. The average Bonchev–Trinajstić information content (AvgIpc) is 3.16. The van der Waals surface area contributed by atoms with Crippen LogP contribution in [0.2, 0.25) is 0 Å². The van der Waals surface area contributed by atoms with E-state index in [1.807, 2.05) is 67.0 Å². The van der Waals surface area contributed by atoms with E-state index in [-0.39, 0.29) is 11.8 Å². The first-order valence-electron chi connectivity index (χ1n) is 8.08. The zero-order valence-electron chi connectivity index (χ0n) is 13.7. The molecule has 0 unspecified atom stereocenters. The van der Waals surface area contributed by atoms with Gasteiger partial charge in [0.05, 0.1) is 11.1 Å². The van der Waals surface area contributed by atoms with Crippen molar-refractivity contribution in [3.63, 3.8) is 0 Å². The normalized spacial score (nSPS) is 12.2. The number of rotatable bonds is 4. The van der Waals surface area contributed by atoms with Gasteiger partial charge >= 0.3 is 0 Å². The van der Waals surface area contributed by atoms with Crippen molar-refractivity contribution in [2.45, 2.75) is 13.0 Å². The smallest absolute Gasteiger partial charge is 0.272 e. The molecule has 4 nitrogen and oxygen atoms in total. The third-order valence-electron chi connectivity index (χ3n) is 4.15. The van der Waals surface area contributed by atoms with Crippen LogP contribution >= 0.6 is 11.3 Å². The quantitative estimate of drug-likeness (QED) is 0.577. The van der Waals surface area contributed by atoms with Crippen LogP contribution in [-0.2, 0) is 0 Å². The van der Waals surface area contributed by atoms with Gasteiger partial charge in [-0.2, -0.15) is 0 Å². The minimum atomic E-state index is -0.162. The van der Waals surface area contributed by atoms with Crippen molar-refractivity contribution in [1.29, 1.82) is 0 Å². The van der Waals surface area contributed by atoms with Gasteiger partial charge in [0.15, 0.2) is 6.04 Å². The summed E-state index contributed by atoms with van der Waals surface area (Å²) in [4.78, 5) is 8.84. The van der Waals surface area contributed by atoms with Crippen LogP contribution in [0.25, 0.3) is 10.9 Å². The second kappa shape index (κ2) is 6.53. The number of hydrogen-bond acceptors (Lipinski definition) is 4. The summed E-state index contributed by atoms with van der Waals surface area (Å²) in [6.07, 6.45) is 1.87. The summed E-state index contributed by atoms with van der Waals surface area (Å²) in [6, 6.07) is 17.7. The van der Waals surface area contributed by atoms with Crippen molar-refractivity contribution in [2.75, 3.05) is 5.32 Å². The molecule has 0 bridgehead atoms. The number of phenols is 1. The number of aromatic amines is 1. The van der Waals surface area contributed by atoms with E-state index >= 15 is 0 Å². The first kappa shape index (κ1) is 15.6. The number of aromatic hydroxyl groups is 1. The Kier molecular flexibility index (Phi) is 4.07. The highest BCUT2D eigenvalue weighted by molar-refractivity contribution is 7.10. The van der Waals surface area contributed by atoms with Gasteiger partial charge in [-0.15, -0.1) is 11.3 Å². The number of fused-ring (bicyclic) bond motifs is 1. The molecule has 0 saturated carbocycles. The van der Waals surface area contributed by atoms with Crippen LogP contribution in [0.1, 0.15) is 22.2 Å². The van der Waals surface area contributed by atoms with Crippen LogP contribution in [0.5, 0.6) is 5.75 Å². The fourth-order valence-electron chi connectivity index (χ4n) is 2.92. The van der Waals surface area contributed by atoms with Crippen molar-refractivity contribution < 1.29 is 10.1 Å². The first-order chi connectivity index (χ1) is 12.2. The lowest BCUT2D eigenvalue weighted by atomic mass is 10.0. The molecule has 3 N–H and O–H groups in total. The number of nitrogens with zero attached hydrogens (tertiary/aromatic N) is 1. The summed E-state index contributed by atoms with van der Waals surface area (Å²) >= 11 is 1.65. The standard InChI is InChI=1S/C20H17N3OS/c1-13-7-8-14-9-10-15(20(24)18(14)22-13)19(16-5-4-12-25-16)23-17-6-2-3-11-21-17/h2-12,19,24H,1H3,(H,21,23)/p+1/t19-/m0/s1. The molecule has 4 rings (SSSR count). The number of aryl methyl sites for hydroxylation is 1. The Labute approximate surface area is 149 Å². The van der Waals surface area contributed by atoms with Crippen LogP contribution in [0, 0.1) is 6.92 Å². The molecule has 124 valence electrons.